The smallest absolute Gasteiger partial charge is 0.130 e. The van der Waals surface area contributed by atoms with E-state index in [2.05, 4.69) is 16.9 Å². The highest BCUT2D eigenvalue weighted by atomic mass is 16.5. The second-order valence-electron chi connectivity index (χ2n) is 4.28. The maximum atomic E-state index is 5.93. The molecule has 1 heterocycles. The Balaban J connectivity index is 2.49. The third kappa shape index (κ3) is 2.84. The maximum Gasteiger partial charge on any atom is 0.130 e. The summed E-state index contributed by atoms with van der Waals surface area (Å²) in [6.45, 7) is 4.83. The van der Waals surface area contributed by atoms with Crippen LogP contribution in [0.1, 0.15) is 25.8 Å². The minimum atomic E-state index is 0.540. The molecule has 2 N–H and O–H groups in total. The van der Waals surface area contributed by atoms with Crippen molar-refractivity contribution in [2.24, 2.45) is 0 Å². The second kappa shape index (κ2) is 6.18. The van der Waals surface area contributed by atoms with Gasteiger partial charge in [0.1, 0.15) is 17.9 Å². The Bertz CT molecular complexity index is 555. The van der Waals surface area contributed by atoms with E-state index >= 15 is 0 Å². The molecular weight excluding hydrogens is 238 g/mol. The molecule has 1 aromatic heterocycles. The predicted octanol–water partition coefficient (Wildman–Crippen LogP) is 3.08. The van der Waals surface area contributed by atoms with Crippen LogP contribution in [0.25, 0.3) is 11.3 Å². The van der Waals surface area contributed by atoms with Crippen LogP contribution in [0.15, 0.2) is 30.6 Å². The molecule has 0 aliphatic carbocycles. The van der Waals surface area contributed by atoms with E-state index in [0.29, 0.717) is 12.4 Å². The summed E-state index contributed by atoms with van der Waals surface area (Å²) in [6.07, 6.45) is 3.27. The monoisotopic (exact) mass is 257 g/mol. The van der Waals surface area contributed by atoms with Gasteiger partial charge < -0.3 is 10.5 Å². The number of para-hydroxylation sites is 1. The molecule has 2 aromatic rings. The van der Waals surface area contributed by atoms with Crippen molar-refractivity contribution in [1.82, 2.24) is 9.97 Å². The highest BCUT2D eigenvalue weighted by Gasteiger charge is 2.13. The standard InChI is InChI=1S/C15H19N3O/c1-3-9-19-13-8-6-5-7-12(13)14-11(4-2)15(16)18-10-17-14/h5-8,10H,3-4,9H2,1-2H3,(H2,16,17,18). The van der Waals surface area contributed by atoms with Crippen LogP contribution >= 0.6 is 0 Å². The van der Waals surface area contributed by atoms with Gasteiger partial charge in [0, 0.05) is 11.1 Å². The number of nitrogens with two attached hydrogens (primary N) is 1. The summed E-state index contributed by atoms with van der Waals surface area (Å²) in [4.78, 5) is 8.43. The van der Waals surface area contributed by atoms with Crippen LogP contribution < -0.4 is 10.5 Å². The van der Waals surface area contributed by atoms with E-state index in [0.717, 1.165) is 35.4 Å². The third-order valence-electron chi connectivity index (χ3n) is 2.94. The zero-order valence-electron chi connectivity index (χ0n) is 11.4. The predicted molar refractivity (Wildman–Crippen MR) is 77.0 cm³/mol. The molecular formula is C15H19N3O. The average Bonchev–Trinajstić information content (AvgIpc) is 2.45. The van der Waals surface area contributed by atoms with Crippen LogP contribution in [0.3, 0.4) is 0 Å². The molecule has 0 fully saturated rings. The van der Waals surface area contributed by atoms with Gasteiger partial charge in [-0.2, -0.15) is 0 Å². The molecule has 0 bridgehead atoms. The minimum absolute atomic E-state index is 0.540. The Hall–Kier alpha value is -2.10. The summed E-state index contributed by atoms with van der Waals surface area (Å²) >= 11 is 0. The zero-order chi connectivity index (χ0) is 13.7. The van der Waals surface area contributed by atoms with Crippen molar-refractivity contribution in [1.29, 1.82) is 0 Å². The molecule has 1 aromatic carbocycles. The van der Waals surface area contributed by atoms with Gasteiger partial charge in [0.05, 0.1) is 12.3 Å². The number of hydrogen-bond acceptors (Lipinski definition) is 4. The van der Waals surface area contributed by atoms with Crippen molar-refractivity contribution >= 4 is 5.82 Å². The Kier molecular flexibility index (Phi) is 4.34. The van der Waals surface area contributed by atoms with Crippen molar-refractivity contribution < 1.29 is 4.74 Å². The van der Waals surface area contributed by atoms with Gasteiger partial charge >= 0.3 is 0 Å². The van der Waals surface area contributed by atoms with E-state index in [-0.39, 0.29) is 0 Å². The van der Waals surface area contributed by atoms with Gasteiger partial charge in [-0.1, -0.05) is 26.0 Å². The van der Waals surface area contributed by atoms with Gasteiger partial charge in [0.2, 0.25) is 0 Å². The Morgan fingerprint density at radius 1 is 1.16 bits per heavy atom. The third-order valence-corrected chi connectivity index (χ3v) is 2.94. The number of ether oxygens (including phenoxy) is 1. The maximum absolute atomic E-state index is 5.93. The molecule has 0 atom stereocenters. The Morgan fingerprint density at radius 2 is 1.95 bits per heavy atom. The van der Waals surface area contributed by atoms with E-state index in [1.165, 1.54) is 6.33 Å². The molecule has 0 aliphatic rings. The molecule has 4 heteroatoms. The van der Waals surface area contributed by atoms with Crippen molar-refractivity contribution in [3.8, 4) is 17.0 Å². The highest BCUT2D eigenvalue weighted by Crippen LogP contribution is 2.32. The average molecular weight is 257 g/mol. The van der Waals surface area contributed by atoms with Crippen LogP contribution in [-0.2, 0) is 6.42 Å². The first kappa shape index (κ1) is 13.3. The van der Waals surface area contributed by atoms with Gasteiger partial charge in [-0.25, -0.2) is 9.97 Å². The number of nitrogen functional groups attached to an aromatic ring is 1. The van der Waals surface area contributed by atoms with Crippen LogP contribution in [-0.4, -0.2) is 16.6 Å². The summed E-state index contributed by atoms with van der Waals surface area (Å²) in [5, 5.41) is 0. The lowest BCUT2D eigenvalue weighted by Gasteiger charge is -2.13. The number of rotatable bonds is 5. The Morgan fingerprint density at radius 3 is 2.68 bits per heavy atom. The Labute approximate surface area is 113 Å². The van der Waals surface area contributed by atoms with E-state index in [4.69, 9.17) is 10.5 Å². The number of benzene rings is 1. The van der Waals surface area contributed by atoms with E-state index in [9.17, 15) is 0 Å². The molecule has 4 nitrogen and oxygen atoms in total. The number of nitrogens with zero attached hydrogens (tertiary/aromatic N) is 2. The second-order valence-corrected chi connectivity index (χ2v) is 4.28. The molecule has 0 unspecified atom stereocenters. The van der Waals surface area contributed by atoms with E-state index in [1.807, 2.05) is 31.2 Å². The summed E-state index contributed by atoms with van der Waals surface area (Å²) in [7, 11) is 0. The highest BCUT2D eigenvalue weighted by molar-refractivity contribution is 5.72. The van der Waals surface area contributed by atoms with Crippen molar-refractivity contribution in [3.05, 3.63) is 36.2 Å². The van der Waals surface area contributed by atoms with Crippen LogP contribution in [0.2, 0.25) is 0 Å². The topological polar surface area (TPSA) is 61.0 Å². The molecule has 2 rings (SSSR count). The van der Waals surface area contributed by atoms with Gasteiger partial charge in [-0.3, -0.25) is 0 Å². The molecule has 0 spiro atoms. The molecule has 0 saturated heterocycles. The van der Waals surface area contributed by atoms with Gasteiger partial charge in [-0.05, 0) is 25.0 Å². The fourth-order valence-electron chi connectivity index (χ4n) is 2.01. The first-order valence-electron chi connectivity index (χ1n) is 6.59. The van der Waals surface area contributed by atoms with Gasteiger partial charge in [0.25, 0.3) is 0 Å². The van der Waals surface area contributed by atoms with Crippen molar-refractivity contribution in [2.45, 2.75) is 26.7 Å². The van der Waals surface area contributed by atoms with Crippen molar-refractivity contribution in [3.63, 3.8) is 0 Å². The van der Waals surface area contributed by atoms with E-state index < -0.39 is 0 Å². The lowest BCUT2D eigenvalue weighted by molar-refractivity contribution is 0.318. The summed E-state index contributed by atoms with van der Waals surface area (Å²) in [5.74, 6) is 1.38. The molecule has 0 amide bonds. The fraction of sp³-hybridized carbons (Fsp3) is 0.333. The summed E-state index contributed by atoms with van der Waals surface area (Å²) in [5.41, 5.74) is 8.73. The number of anilines is 1. The quantitative estimate of drug-likeness (QED) is 0.894. The molecule has 0 saturated carbocycles. The largest absolute Gasteiger partial charge is 0.493 e. The normalized spacial score (nSPS) is 10.4. The van der Waals surface area contributed by atoms with Crippen LogP contribution in [0.4, 0.5) is 5.82 Å². The van der Waals surface area contributed by atoms with Gasteiger partial charge in [0.15, 0.2) is 0 Å². The number of hydrogen-bond donors (Lipinski definition) is 1. The first-order chi connectivity index (χ1) is 9.27. The van der Waals surface area contributed by atoms with E-state index in [1.54, 1.807) is 0 Å². The van der Waals surface area contributed by atoms with Crippen molar-refractivity contribution in [2.75, 3.05) is 12.3 Å². The van der Waals surface area contributed by atoms with Gasteiger partial charge in [-0.15, -0.1) is 0 Å². The SMILES string of the molecule is CCCOc1ccccc1-c1ncnc(N)c1CC. The van der Waals surface area contributed by atoms with Crippen LogP contribution in [0, 0.1) is 0 Å². The number of aromatic nitrogens is 2. The fourth-order valence-corrected chi connectivity index (χ4v) is 2.01. The molecule has 0 radical (unpaired) electrons. The molecule has 19 heavy (non-hydrogen) atoms. The summed E-state index contributed by atoms with van der Waals surface area (Å²) in [6, 6.07) is 7.91. The molecule has 0 aliphatic heterocycles. The minimum Gasteiger partial charge on any atom is -0.493 e. The lowest BCUT2D eigenvalue weighted by atomic mass is 10.0. The zero-order valence-corrected chi connectivity index (χ0v) is 11.4. The summed E-state index contributed by atoms with van der Waals surface area (Å²) < 4.78 is 5.78. The first-order valence-corrected chi connectivity index (χ1v) is 6.59. The molecule has 100 valence electrons. The van der Waals surface area contributed by atoms with Crippen LogP contribution in [0.5, 0.6) is 5.75 Å². The lowest BCUT2D eigenvalue weighted by Crippen LogP contribution is -2.03.